The summed E-state index contributed by atoms with van der Waals surface area (Å²) in [6.07, 6.45) is -5.42. The van der Waals surface area contributed by atoms with Crippen LogP contribution in [0.5, 0.6) is 0 Å². The molecule has 1 aliphatic heterocycles. The minimum absolute atomic E-state index is 0.00688. The topological polar surface area (TPSA) is 275 Å². The second kappa shape index (κ2) is 11.6. The molecule has 1 amide bonds. The van der Waals surface area contributed by atoms with E-state index in [4.69, 9.17) is 15.4 Å². The number of aliphatic carboxylic acids is 1. The van der Waals surface area contributed by atoms with E-state index in [9.17, 15) is 49.6 Å². The van der Waals surface area contributed by atoms with Gasteiger partial charge in [-0.25, -0.2) is 4.79 Å². The van der Waals surface area contributed by atoms with E-state index in [0.29, 0.717) is 0 Å². The summed E-state index contributed by atoms with van der Waals surface area (Å²) in [5.74, 6) is -2.89. The third-order valence-electron chi connectivity index (χ3n) is 5.65. The van der Waals surface area contributed by atoms with Crippen LogP contribution in [0, 0.1) is 10.1 Å². The standard InChI is InChI=1S/C19H29N4O12P/c1-19(18(29)30,22-17(28)11-4-9(20)2-3-14(11)23(31)32)8-35-36(33,34)7-10(25)5-12-15(26)16(27)13(6-24)21-12/h2-4,10,12-13,15-16,21,24-27H,5-8,20H2,1H3,(H,22,28)(H,29,30)(H,33,34)/t10-,12-,13-,15-,16-,19?/m1/s1. The molecule has 0 spiro atoms. The number of rotatable bonds is 12. The lowest BCUT2D eigenvalue weighted by atomic mass is 10.0. The maximum absolute atomic E-state index is 12.6. The van der Waals surface area contributed by atoms with Gasteiger partial charge >= 0.3 is 13.6 Å². The largest absolute Gasteiger partial charge is 0.479 e. The Kier molecular flexibility index (Phi) is 9.50. The summed E-state index contributed by atoms with van der Waals surface area (Å²) < 4.78 is 17.3. The number of aliphatic hydroxyl groups excluding tert-OH is 4. The quantitative estimate of drug-likeness (QED) is 0.0591. The van der Waals surface area contributed by atoms with Crippen molar-refractivity contribution in [3.63, 3.8) is 0 Å². The Morgan fingerprint density at radius 3 is 2.47 bits per heavy atom. The average Bonchev–Trinajstić information content (AvgIpc) is 3.04. The first kappa shape index (κ1) is 29.5. The van der Waals surface area contributed by atoms with Crippen molar-refractivity contribution in [1.82, 2.24) is 10.6 Å². The molecule has 2 rings (SSSR count). The Morgan fingerprint density at radius 2 is 1.94 bits per heavy atom. The van der Waals surface area contributed by atoms with Crippen LogP contribution in [0.25, 0.3) is 0 Å². The summed E-state index contributed by atoms with van der Waals surface area (Å²) in [5, 5.41) is 64.6. The zero-order valence-corrected chi connectivity index (χ0v) is 19.9. The molecule has 1 aromatic rings. The lowest BCUT2D eigenvalue weighted by molar-refractivity contribution is -0.385. The van der Waals surface area contributed by atoms with E-state index in [1.165, 1.54) is 6.07 Å². The molecule has 7 atom stereocenters. The fraction of sp³-hybridized carbons (Fsp3) is 0.579. The molecule has 36 heavy (non-hydrogen) atoms. The molecule has 202 valence electrons. The van der Waals surface area contributed by atoms with Gasteiger partial charge in [0, 0.05) is 17.8 Å². The van der Waals surface area contributed by atoms with Gasteiger partial charge in [-0.3, -0.25) is 19.5 Å². The Balaban J connectivity index is 2.06. The first-order valence-electron chi connectivity index (χ1n) is 10.6. The van der Waals surface area contributed by atoms with Gasteiger partial charge in [-0.2, -0.15) is 0 Å². The molecule has 1 aliphatic rings. The van der Waals surface area contributed by atoms with E-state index in [0.717, 1.165) is 19.1 Å². The van der Waals surface area contributed by atoms with Crippen LogP contribution in [-0.2, 0) is 13.9 Å². The van der Waals surface area contributed by atoms with Crippen LogP contribution in [0.1, 0.15) is 23.7 Å². The molecule has 16 nitrogen and oxygen atoms in total. The number of hydrogen-bond donors (Lipinski definition) is 9. The highest BCUT2D eigenvalue weighted by Crippen LogP contribution is 2.44. The lowest BCUT2D eigenvalue weighted by Gasteiger charge is -2.28. The van der Waals surface area contributed by atoms with Crippen molar-refractivity contribution in [3.8, 4) is 0 Å². The van der Waals surface area contributed by atoms with Crippen molar-refractivity contribution in [2.75, 3.05) is 25.1 Å². The van der Waals surface area contributed by atoms with Crippen molar-refractivity contribution in [2.45, 2.75) is 49.3 Å². The number of amides is 1. The SMILES string of the molecule is CC(COP(=O)(O)C[C@H](O)C[C@H]1N[C@H](CO)[C@@H](O)[C@@H]1O)(NC(=O)c1cc(N)ccc1[N+](=O)[O-])C(=O)O. The second-order valence-corrected chi connectivity index (χ2v) is 10.5. The fourth-order valence-electron chi connectivity index (χ4n) is 3.60. The summed E-state index contributed by atoms with van der Waals surface area (Å²) >= 11 is 0. The maximum atomic E-state index is 12.6. The number of nitro benzene ring substituents is 1. The molecule has 0 radical (unpaired) electrons. The molecule has 0 aromatic heterocycles. The number of carbonyl (C=O) groups excluding carboxylic acids is 1. The second-order valence-electron chi connectivity index (χ2n) is 8.65. The molecular weight excluding hydrogens is 507 g/mol. The van der Waals surface area contributed by atoms with Gasteiger partial charge in [0.25, 0.3) is 11.6 Å². The zero-order chi connectivity index (χ0) is 27.4. The van der Waals surface area contributed by atoms with Crippen LogP contribution in [0.4, 0.5) is 11.4 Å². The first-order chi connectivity index (χ1) is 16.6. The Bertz CT molecular complexity index is 1040. The maximum Gasteiger partial charge on any atom is 0.331 e. The van der Waals surface area contributed by atoms with Crippen molar-refractivity contribution >= 4 is 30.8 Å². The van der Waals surface area contributed by atoms with E-state index < -0.39 is 91.0 Å². The highest BCUT2D eigenvalue weighted by molar-refractivity contribution is 7.52. The van der Waals surface area contributed by atoms with Gasteiger partial charge in [-0.15, -0.1) is 0 Å². The number of nitrogens with two attached hydrogens (primary N) is 1. The molecule has 1 fully saturated rings. The van der Waals surface area contributed by atoms with Crippen molar-refractivity contribution < 1.29 is 54.0 Å². The minimum atomic E-state index is -4.66. The molecule has 0 bridgehead atoms. The van der Waals surface area contributed by atoms with Crippen LogP contribution in [0.3, 0.4) is 0 Å². The van der Waals surface area contributed by atoms with Gasteiger partial charge in [0.2, 0.25) is 0 Å². The number of nitrogens with zero attached hydrogens (tertiary/aromatic N) is 1. The molecule has 1 heterocycles. The molecule has 17 heteroatoms. The van der Waals surface area contributed by atoms with E-state index in [1.54, 1.807) is 0 Å². The normalized spacial score (nSPS) is 25.9. The number of carboxylic acid groups (broad SMARTS) is 1. The molecule has 1 aromatic carbocycles. The number of benzene rings is 1. The highest BCUT2D eigenvalue weighted by Gasteiger charge is 2.43. The van der Waals surface area contributed by atoms with E-state index in [-0.39, 0.29) is 12.1 Å². The smallest absolute Gasteiger partial charge is 0.331 e. The van der Waals surface area contributed by atoms with Gasteiger partial charge in [-0.1, -0.05) is 0 Å². The number of nitro groups is 1. The van der Waals surface area contributed by atoms with E-state index in [1.807, 2.05) is 5.32 Å². The molecule has 0 aliphatic carbocycles. The van der Waals surface area contributed by atoms with Gasteiger partial charge in [0.1, 0.15) is 5.56 Å². The van der Waals surface area contributed by atoms with Crippen molar-refractivity contribution in [2.24, 2.45) is 0 Å². The number of hydrogen-bond acceptors (Lipinski definition) is 12. The van der Waals surface area contributed by atoms with Gasteiger partial charge in [-0.05, 0) is 25.5 Å². The summed E-state index contributed by atoms with van der Waals surface area (Å²) in [6.45, 7) is -0.609. The van der Waals surface area contributed by atoms with Crippen LogP contribution in [-0.4, -0.2) is 103 Å². The summed E-state index contributed by atoms with van der Waals surface area (Å²) in [5.41, 5.74) is 2.04. The average molecular weight is 536 g/mol. The highest BCUT2D eigenvalue weighted by atomic mass is 31.2. The third kappa shape index (κ3) is 7.18. The Labute approximate surface area is 204 Å². The first-order valence-corrected chi connectivity index (χ1v) is 12.3. The molecular formula is C19H29N4O12P. The summed E-state index contributed by atoms with van der Waals surface area (Å²) in [7, 11) is -4.66. The van der Waals surface area contributed by atoms with Crippen LogP contribution in [0.15, 0.2) is 18.2 Å². The zero-order valence-electron chi connectivity index (χ0n) is 19.1. The molecule has 0 saturated carbocycles. The Morgan fingerprint density at radius 1 is 1.33 bits per heavy atom. The fourth-order valence-corrected chi connectivity index (χ4v) is 4.84. The molecule has 10 N–H and O–H groups in total. The molecule has 1 saturated heterocycles. The van der Waals surface area contributed by atoms with E-state index in [2.05, 4.69) is 5.32 Å². The monoisotopic (exact) mass is 536 g/mol. The summed E-state index contributed by atoms with van der Waals surface area (Å²) in [4.78, 5) is 44.9. The third-order valence-corrected chi connectivity index (χ3v) is 7.06. The lowest BCUT2D eigenvalue weighted by Crippen LogP contribution is -2.55. The van der Waals surface area contributed by atoms with Gasteiger partial charge < -0.3 is 51.3 Å². The number of nitrogens with one attached hydrogen (secondary N) is 2. The van der Waals surface area contributed by atoms with Crippen molar-refractivity contribution in [1.29, 1.82) is 0 Å². The predicted octanol–water partition coefficient (Wildman–Crippen LogP) is -2.24. The van der Waals surface area contributed by atoms with Crippen molar-refractivity contribution in [3.05, 3.63) is 33.9 Å². The minimum Gasteiger partial charge on any atom is -0.479 e. The predicted molar refractivity (Wildman–Crippen MR) is 122 cm³/mol. The number of anilines is 1. The molecule has 2 unspecified atom stereocenters. The Hall–Kier alpha value is -2.69. The number of carbonyl (C=O) groups is 2. The van der Waals surface area contributed by atoms with Crippen LogP contribution < -0.4 is 16.4 Å². The van der Waals surface area contributed by atoms with Crippen LogP contribution in [0.2, 0.25) is 0 Å². The number of nitrogen functional groups attached to an aromatic ring is 1. The van der Waals surface area contributed by atoms with Gasteiger partial charge in [0.15, 0.2) is 5.54 Å². The number of aliphatic hydroxyl groups is 4. The van der Waals surface area contributed by atoms with Gasteiger partial charge in [0.05, 0.1) is 48.7 Å². The summed E-state index contributed by atoms with van der Waals surface area (Å²) in [6, 6.07) is 1.33. The van der Waals surface area contributed by atoms with E-state index >= 15 is 0 Å². The number of carboxylic acids is 1. The van der Waals surface area contributed by atoms with Crippen LogP contribution >= 0.6 is 7.60 Å².